The van der Waals surface area contributed by atoms with Gasteiger partial charge in [0.25, 0.3) is 11.5 Å². The highest BCUT2D eigenvalue weighted by molar-refractivity contribution is 7.89. The van der Waals surface area contributed by atoms with Crippen LogP contribution in [-0.2, 0) is 21.0 Å². The van der Waals surface area contributed by atoms with Gasteiger partial charge in [-0.25, -0.2) is 8.42 Å². The van der Waals surface area contributed by atoms with Gasteiger partial charge in [0.05, 0.1) is 20.7 Å². The Balaban J connectivity index is 1.62. The van der Waals surface area contributed by atoms with Gasteiger partial charge in [-0.15, -0.1) is 11.3 Å². The number of hydrogen-bond acceptors (Lipinski definition) is 6. The Morgan fingerprint density at radius 3 is 2.33 bits per heavy atom. The molecule has 46 heavy (non-hydrogen) atoms. The zero-order chi connectivity index (χ0) is 33.2. The number of thiazole rings is 1. The highest BCUT2D eigenvalue weighted by Crippen LogP contribution is 2.29. The van der Waals surface area contributed by atoms with Crippen LogP contribution in [0, 0.1) is 25.2 Å². The normalized spacial score (nSPS) is 15.3. The lowest BCUT2D eigenvalue weighted by atomic mass is 10.1. The fraction of sp³-hybridized carbons (Fsp3) is 0.242. The first kappa shape index (κ1) is 32.9. The molecule has 0 radical (unpaired) electrons. The summed E-state index contributed by atoms with van der Waals surface area (Å²) in [5.41, 5.74) is 0.683. The summed E-state index contributed by atoms with van der Waals surface area (Å²) in [5.74, 6) is -0.865. The van der Waals surface area contributed by atoms with Crippen LogP contribution < -0.4 is 20.1 Å². The molecule has 1 saturated heterocycles. The van der Waals surface area contributed by atoms with Crippen LogP contribution in [0.3, 0.4) is 0 Å². The number of aromatic nitrogens is 1. The smallest absolute Gasteiger partial charge is 0.321 e. The minimum atomic E-state index is -4.52. The number of halogens is 3. The molecule has 0 spiro atoms. The molecule has 2 heterocycles. The maximum atomic E-state index is 13.8. The molecule has 0 atom stereocenters. The standard InChI is InChI=1S/C33H29F3N4O4S2/c1-21-9-14-28(22(2)17-21)40-31(42)29(18-23-10-12-24(13-11-23)33(34,35)36)45-32(40)27(20-37)30(41)38-25-7-6-8-26(19-25)46(43,44)39-15-4-3-5-16-39/h6-14,17-19H,3-5,15-16H2,1-2H3,(H,38,41)/b29-18-,32-27-. The topological polar surface area (TPSA) is 112 Å². The Morgan fingerprint density at radius 1 is 1.00 bits per heavy atom. The Morgan fingerprint density at radius 2 is 1.70 bits per heavy atom. The van der Waals surface area contributed by atoms with E-state index in [2.05, 4.69) is 5.32 Å². The summed E-state index contributed by atoms with van der Waals surface area (Å²) in [7, 11) is -3.79. The molecule has 1 aliphatic rings. The predicted octanol–water partition coefficient (Wildman–Crippen LogP) is 4.85. The van der Waals surface area contributed by atoms with Crippen LogP contribution in [-0.4, -0.2) is 36.3 Å². The van der Waals surface area contributed by atoms with E-state index in [9.17, 15) is 36.4 Å². The van der Waals surface area contributed by atoms with Crippen molar-refractivity contribution in [2.75, 3.05) is 18.4 Å². The predicted molar refractivity (Wildman–Crippen MR) is 170 cm³/mol. The number of nitriles is 1. The molecule has 3 aromatic carbocycles. The van der Waals surface area contributed by atoms with Crippen molar-refractivity contribution < 1.29 is 26.4 Å². The lowest BCUT2D eigenvalue weighted by Gasteiger charge is -2.26. The second kappa shape index (κ2) is 13.1. The summed E-state index contributed by atoms with van der Waals surface area (Å²) >= 11 is 0.846. The second-order valence-corrected chi connectivity index (χ2v) is 13.9. The minimum absolute atomic E-state index is 0.00227. The molecular weight excluding hydrogens is 638 g/mol. The van der Waals surface area contributed by atoms with Crippen molar-refractivity contribution in [3.05, 3.63) is 109 Å². The maximum absolute atomic E-state index is 13.8. The highest BCUT2D eigenvalue weighted by Gasteiger charge is 2.30. The Kier molecular flexibility index (Phi) is 9.34. The Bertz CT molecular complexity index is 2140. The number of alkyl halides is 3. The number of piperidine rings is 1. The van der Waals surface area contributed by atoms with Crippen molar-refractivity contribution in [2.45, 2.75) is 44.2 Å². The third-order valence-corrected chi connectivity index (χ3v) is 10.5. The third-order valence-electron chi connectivity index (χ3n) is 7.55. The number of sulfonamides is 1. The average Bonchev–Trinajstić information content (AvgIpc) is 3.32. The van der Waals surface area contributed by atoms with Crippen LogP contribution in [0.1, 0.15) is 41.5 Å². The van der Waals surface area contributed by atoms with Crippen LogP contribution in [0.5, 0.6) is 0 Å². The number of carbonyl (C=O) groups is 1. The zero-order valence-corrected chi connectivity index (χ0v) is 26.5. The average molecular weight is 667 g/mol. The number of carbonyl (C=O) groups excluding carboxylic acids is 1. The first-order chi connectivity index (χ1) is 21.8. The molecule has 0 saturated carbocycles. The number of nitrogens with one attached hydrogen (secondary N) is 1. The van der Waals surface area contributed by atoms with E-state index in [-0.39, 0.29) is 19.8 Å². The molecular formula is C33H29F3N4O4S2. The molecule has 238 valence electrons. The van der Waals surface area contributed by atoms with Crippen molar-refractivity contribution >= 4 is 44.6 Å². The van der Waals surface area contributed by atoms with Gasteiger partial charge in [-0.05, 0) is 80.3 Å². The van der Waals surface area contributed by atoms with Gasteiger partial charge in [-0.3, -0.25) is 14.2 Å². The third kappa shape index (κ3) is 6.84. The van der Waals surface area contributed by atoms with E-state index in [0.717, 1.165) is 48.3 Å². The molecule has 1 N–H and O–H groups in total. The molecule has 8 nitrogen and oxygen atoms in total. The van der Waals surface area contributed by atoms with Crippen molar-refractivity contribution in [1.82, 2.24) is 8.87 Å². The SMILES string of the molecule is Cc1ccc(-n2c(=O)/c(=C/c3ccc(C(F)(F)F)cc3)s/c2=C(/C#N)C(=O)Nc2cccc(S(=O)(=O)N3CCCCC3)c2)c(C)c1. The fourth-order valence-electron chi connectivity index (χ4n) is 5.22. The maximum Gasteiger partial charge on any atom is 0.416 e. The van der Waals surface area contributed by atoms with Gasteiger partial charge in [-0.2, -0.15) is 22.7 Å². The van der Waals surface area contributed by atoms with Crippen LogP contribution in [0.4, 0.5) is 18.9 Å². The van der Waals surface area contributed by atoms with Crippen molar-refractivity contribution in [1.29, 1.82) is 5.26 Å². The Labute approximate surface area is 267 Å². The number of benzene rings is 3. The van der Waals surface area contributed by atoms with Crippen molar-refractivity contribution in [2.24, 2.45) is 0 Å². The van der Waals surface area contributed by atoms with Crippen LogP contribution >= 0.6 is 11.3 Å². The lowest BCUT2D eigenvalue weighted by Crippen LogP contribution is -2.35. The van der Waals surface area contributed by atoms with Gasteiger partial charge in [-0.1, -0.05) is 42.3 Å². The highest BCUT2D eigenvalue weighted by atomic mass is 32.2. The number of aryl methyl sites for hydroxylation is 2. The van der Waals surface area contributed by atoms with E-state index in [1.54, 1.807) is 19.1 Å². The number of rotatable bonds is 6. The lowest BCUT2D eigenvalue weighted by molar-refractivity contribution is -0.137. The largest absolute Gasteiger partial charge is 0.416 e. The molecule has 1 aliphatic heterocycles. The van der Waals surface area contributed by atoms with Crippen molar-refractivity contribution in [3.8, 4) is 11.8 Å². The fourth-order valence-corrected chi connectivity index (χ4v) is 7.88. The number of hydrogen-bond donors (Lipinski definition) is 1. The summed E-state index contributed by atoms with van der Waals surface area (Å²) in [4.78, 5) is 27.4. The summed E-state index contributed by atoms with van der Waals surface area (Å²) in [6.07, 6.45) is -0.645. The zero-order valence-electron chi connectivity index (χ0n) is 24.9. The molecule has 1 fully saturated rings. The summed E-state index contributed by atoms with van der Waals surface area (Å²) in [6, 6.07) is 17.2. The van der Waals surface area contributed by atoms with Gasteiger partial charge in [0, 0.05) is 18.8 Å². The van der Waals surface area contributed by atoms with E-state index in [1.165, 1.54) is 51.3 Å². The van der Waals surface area contributed by atoms with E-state index >= 15 is 0 Å². The van der Waals surface area contributed by atoms with Gasteiger partial charge in [0.1, 0.15) is 10.7 Å². The summed E-state index contributed by atoms with van der Waals surface area (Å²) in [5, 5.41) is 12.8. The summed E-state index contributed by atoms with van der Waals surface area (Å²) in [6.45, 7) is 4.46. The quantitative estimate of drug-likeness (QED) is 0.316. The minimum Gasteiger partial charge on any atom is -0.321 e. The number of nitrogens with zero attached hydrogens (tertiary/aromatic N) is 3. The van der Waals surface area contributed by atoms with Gasteiger partial charge in [0.15, 0.2) is 5.57 Å². The first-order valence-corrected chi connectivity index (χ1v) is 16.6. The Hall–Kier alpha value is -4.51. The second-order valence-electron chi connectivity index (χ2n) is 10.9. The molecule has 1 amide bonds. The monoisotopic (exact) mass is 666 g/mol. The summed E-state index contributed by atoms with van der Waals surface area (Å²) < 4.78 is 68.4. The van der Waals surface area contributed by atoms with Crippen LogP contribution in [0.2, 0.25) is 0 Å². The van der Waals surface area contributed by atoms with E-state index < -0.39 is 38.8 Å². The van der Waals surface area contributed by atoms with Gasteiger partial charge in [0.2, 0.25) is 10.0 Å². The molecule has 1 aromatic heterocycles. The van der Waals surface area contributed by atoms with E-state index in [4.69, 9.17) is 0 Å². The molecule has 0 unspecified atom stereocenters. The van der Waals surface area contributed by atoms with Gasteiger partial charge < -0.3 is 5.32 Å². The van der Waals surface area contributed by atoms with Crippen LogP contribution in [0.15, 0.2) is 76.4 Å². The molecule has 0 bridgehead atoms. The van der Waals surface area contributed by atoms with E-state index in [0.29, 0.717) is 29.9 Å². The molecule has 0 aliphatic carbocycles. The molecule has 4 aromatic rings. The van der Waals surface area contributed by atoms with Crippen molar-refractivity contribution in [3.63, 3.8) is 0 Å². The first-order valence-electron chi connectivity index (χ1n) is 14.3. The molecule has 13 heteroatoms. The number of amides is 1. The van der Waals surface area contributed by atoms with E-state index in [1.807, 2.05) is 19.1 Å². The van der Waals surface area contributed by atoms with Crippen LogP contribution in [0.25, 0.3) is 17.3 Å². The number of anilines is 1. The molecule has 5 rings (SSSR count). The van der Waals surface area contributed by atoms with Gasteiger partial charge >= 0.3 is 6.18 Å².